The SMILES string of the molecule is O=c1cc(Cl)ncn1Cc1cccc([N+](=O)[O-])c1F. The molecule has 98 valence electrons. The van der Waals surface area contributed by atoms with Crippen LogP contribution in [0.1, 0.15) is 5.56 Å². The molecule has 1 heterocycles. The molecule has 0 aliphatic carbocycles. The highest BCUT2D eigenvalue weighted by atomic mass is 35.5. The summed E-state index contributed by atoms with van der Waals surface area (Å²) in [5, 5.41) is 10.6. The van der Waals surface area contributed by atoms with E-state index < -0.39 is 22.0 Å². The number of halogens is 2. The molecule has 0 aliphatic rings. The predicted octanol–water partition coefficient (Wildman–Crippen LogP) is 1.99. The maximum absolute atomic E-state index is 13.8. The number of hydrogen-bond acceptors (Lipinski definition) is 4. The fraction of sp³-hybridized carbons (Fsp3) is 0.0909. The van der Waals surface area contributed by atoms with Crippen LogP contribution < -0.4 is 5.56 Å². The van der Waals surface area contributed by atoms with Crippen molar-refractivity contribution in [3.05, 3.63) is 67.6 Å². The lowest BCUT2D eigenvalue weighted by Gasteiger charge is -2.06. The van der Waals surface area contributed by atoms with E-state index in [1.54, 1.807) is 0 Å². The second-order valence-corrected chi connectivity index (χ2v) is 4.07. The summed E-state index contributed by atoms with van der Waals surface area (Å²) in [5.74, 6) is -0.964. The zero-order chi connectivity index (χ0) is 14.0. The van der Waals surface area contributed by atoms with E-state index in [2.05, 4.69) is 4.98 Å². The lowest BCUT2D eigenvalue weighted by molar-refractivity contribution is -0.387. The summed E-state index contributed by atoms with van der Waals surface area (Å²) in [7, 11) is 0. The standard InChI is InChI=1S/C11H7ClFN3O3/c12-9-4-10(17)15(6-14-9)5-7-2-1-3-8(11(7)13)16(18)19/h1-4,6H,5H2. The molecular formula is C11H7ClFN3O3. The zero-order valence-electron chi connectivity index (χ0n) is 9.42. The summed E-state index contributed by atoms with van der Waals surface area (Å²) in [4.78, 5) is 25.0. The van der Waals surface area contributed by atoms with Crippen molar-refractivity contribution in [3.8, 4) is 0 Å². The summed E-state index contributed by atoms with van der Waals surface area (Å²) in [6.45, 7) is -0.156. The van der Waals surface area contributed by atoms with Gasteiger partial charge < -0.3 is 0 Å². The molecule has 2 rings (SSSR count). The monoisotopic (exact) mass is 283 g/mol. The van der Waals surface area contributed by atoms with Gasteiger partial charge >= 0.3 is 5.69 Å². The molecular weight excluding hydrogens is 277 g/mol. The Morgan fingerprint density at radius 1 is 1.47 bits per heavy atom. The third-order valence-corrected chi connectivity index (χ3v) is 2.65. The van der Waals surface area contributed by atoms with E-state index in [1.165, 1.54) is 12.1 Å². The molecule has 0 fully saturated rings. The molecule has 0 amide bonds. The van der Waals surface area contributed by atoms with Gasteiger partial charge in [0, 0.05) is 17.7 Å². The van der Waals surface area contributed by atoms with Crippen molar-refractivity contribution in [2.75, 3.05) is 0 Å². The number of rotatable bonds is 3. The van der Waals surface area contributed by atoms with E-state index in [0.29, 0.717) is 0 Å². The highest BCUT2D eigenvalue weighted by molar-refractivity contribution is 6.29. The lowest BCUT2D eigenvalue weighted by atomic mass is 10.2. The highest BCUT2D eigenvalue weighted by Crippen LogP contribution is 2.20. The topological polar surface area (TPSA) is 78.0 Å². The van der Waals surface area contributed by atoms with Gasteiger partial charge in [-0.2, -0.15) is 4.39 Å². The Labute approximate surface area is 111 Å². The van der Waals surface area contributed by atoms with Crippen molar-refractivity contribution in [3.63, 3.8) is 0 Å². The van der Waals surface area contributed by atoms with Crippen molar-refractivity contribution in [1.82, 2.24) is 9.55 Å². The first-order valence-corrected chi connectivity index (χ1v) is 5.50. The van der Waals surface area contributed by atoms with Gasteiger partial charge in [0.1, 0.15) is 5.15 Å². The Morgan fingerprint density at radius 2 is 2.21 bits per heavy atom. The molecule has 19 heavy (non-hydrogen) atoms. The van der Waals surface area contributed by atoms with Gasteiger partial charge in [-0.25, -0.2) is 4.98 Å². The van der Waals surface area contributed by atoms with Crippen LogP contribution in [-0.2, 0) is 6.54 Å². The molecule has 2 aromatic rings. The van der Waals surface area contributed by atoms with E-state index >= 15 is 0 Å². The number of aromatic nitrogens is 2. The molecule has 6 nitrogen and oxygen atoms in total. The Bertz CT molecular complexity index is 702. The highest BCUT2D eigenvalue weighted by Gasteiger charge is 2.17. The minimum Gasteiger partial charge on any atom is -0.295 e. The number of nitro benzene ring substituents is 1. The molecule has 0 saturated carbocycles. The van der Waals surface area contributed by atoms with Crippen LogP contribution in [-0.4, -0.2) is 14.5 Å². The molecule has 0 spiro atoms. The predicted molar refractivity (Wildman–Crippen MR) is 65.7 cm³/mol. The van der Waals surface area contributed by atoms with Gasteiger partial charge in [-0.15, -0.1) is 0 Å². The first kappa shape index (κ1) is 13.2. The van der Waals surface area contributed by atoms with E-state index in [1.807, 2.05) is 0 Å². The summed E-state index contributed by atoms with van der Waals surface area (Å²) in [6, 6.07) is 4.85. The van der Waals surface area contributed by atoms with E-state index in [-0.39, 0.29) is 17.3 Å². The molecule has 1 aromatic carbocycles. The zero-order valence-corrected chi connectivity index (χ0v) is 10.2. The van der Waals surface area contributed by atoms with E-state index in [9.17, 15) is 19.3 Å². The molecule has 0 atom stereocenters. The number of hydrogen-bond donors (Lipinski definition) is 0. The smallest absolute Gasteiger partial charge is 0.295 e. The molecule has 0 unspecified atom stereocenters. The van der Waals surface area contributed by atoms with Crippen LogP contribution >= 0.6 is 11.6 Å². The van der Waals surface area contributed by atoms with Crippen molar-refractivity contribution >= 4 is 17.3 Å². The van der Waals surface area contributed by atoms with Gasteiger partial charge in [0.15, 0.2) is 0 Å². The maximum Gasteiger partial charge on any atom is 0.305 e. The molecule has 0 bridgehead atoms. The summed E-state index contributed by atoms with van der Waals surface area (Å²) < 4.78 is 14.9. The quantitative estimate of drug-likeness (QED) is 0.490. The van der Waals surface area contributed by atoms with Gasteiger partial charge in [0.25, 0.3) is 5.56 Å². The number of nitro groups is 1. The van der Waals surface area contributed by atoms with Gasteiger partial charge in [0.05, 0.1) is 17.8 Å². The fourth-order valence-corrected chi connectivity index (χ4v) is 1.67. The van der Waals surface area contributed by atoms with Crippen LogP contribution in [0.4, 0.5) is 10.1 Å². The Hall–Kier alpha value is -2.28. The fourth-order valence-electron chi connectivity index (χ4n) is 1.54. The van der Waals surface area contributed by atoms with Gasteiger partial charge in [-0.1, -0.05) is 23.7 Å². The van der Waals surface area contributed by atoms with E-state index in [4.69, 9.17) is 11.6 Å². The Kier molecular flexibility index (Phi) is 3.57. The normalized spacial score (nSPS) is 10.4. The summed E-state index contributed by atoms with van der Waals surface area (Å²) >= 11 is 5.53. The Morgan fingerprint density at radius 3 is 2.84 bits per heavy atom. The molecule has 0 N–H and O–H groups in total. The maximum atomic E-state index is 13.8. The second kappa shape index (κ2) is 5.15. The van der Waals surface area contributed by atoms with Crippen LogP contribution in [0.15, 0.2) is 35.4 Å². The summed E-state index contributed by atoms with van der Waals surface area (Å²) in [5.41, 5.74) is -1.07. The molecule has 0 saturated heterocycles. The van der Waals surface area contributed by atoms with Crippen LogP contribution in [0.2, 0.25) is 5.15 Å². The largest absolute Gasteiger partial charge is 0.305 e. The first-order chi connectivity index (χ1) is 8.99. The van der Waals surface area contributed by atoms with Crippen molar-refractivity contribution in [1.29, 1.82) is 0 Å². The molecule has 1 aromatic heterocycles. The molecule has 8 heteroatoms. The molecule has 0 radical (unpaired) electrons. The Balaban J connectivity index is 2.41. The number of nitrogens with zero attached hydrogens (tertiary/aromatic N) is 3. The van der Waals surface area contributed by atoms with Gasteiger partial charge in [0.2, 0.25) is 5.82 Å². The average Bonchev–Trinajstić information content (AvgIpc) is 2.34. The third kappa shape index (κ3) is 2.76. The van der Waals surface area contributed by atoms with Crippen LogP contribution in [0, 0.1) is 15.9 Å². The van der Waals surface area contributed by atoms with Gasteiger partial charge in [-0.05, 0) is 0 Å². The third-order valence-electron chi connectivity index (χ3n) is 2.44. The van der Waals surface area contributed by atoms with Crippen LogP contribution in [0.25, 0.3) is 0 Å². The average molecular weight is 284 g/mol. The summed E-state index contributed by atoms with van der Waals surface area (Å²) in [6.07, 6.45) is 1.16. The minimum absolute atomic E-state index is 0.0282. The van der Waals surface area contributed by atoms with Crippen LogP contribution in [0.3, 0.4) is 0 Å². The second-order valence-electron chi connectivity index (χ2n) is 3.69. The molecule has 0 aliphatic heterocycles. The first-order valence-electron chi connectivity index (χ1n) is 5.13. The van der Waals surface area contributed by atoms with Crippen molar-refractivity contribution < 1.29 is 9.31 Å². The lowest BCUT2D eigenvalue weighted by Crippen LogP contribution is -2.20. The van der Waals surface area contributed by atoms with Crippen LogP contribution in [0.5, 0.6) is 0 Å². The van der Waals surface area contributed by atoms with E-state index in [0.717, 1.165) is 23.0 Å². The van der Waals surface area contributed by atoms with Gasteiger partial charge in [-0.3, -0.25) is 19.5 Å². The number of benzene rings is 1. The minimum atomic E-state index is -0.964. The van der Waals surface area contributed by atoms with Crippen molar-refractivity contribution in [2.24, 2.45) is 0 Å². The van der Waals surface area contributed by atoms with Crippen molar-refractivity contribution in [2.45, 2.75) is 6.54 Å².